The molecule has 1 aromatic heterocycles. The summed E-state index contributed by atoms with van der Waals surface area (Å²) >= 11 is 0. The first-order chi connectivity index (χ1) is 20.8. The van der Waals surface area contributed by atoms with Gasteiger partial charge in [0.25, 0.3) is 0 Å². The van der Waals surface area contributed by atoms with E-state index >= 15 is 0 Å². The fourth-order valence-corrected chi connectivity index (χ4v) is 5.67. The number of aromatic nitrogens is 2. The fourth-order valence-electron chi connectivity index (χ4n) is 5.67. The fraction of sp³-hybridized carbons (Fsp3) is 0.314. The van der Waals surface area contributed by atoms with Gasteiger partial charge in [0.1, 0.15) is 12.4 Å². The minimum absolute atomic E-state index is 0.0438. The lowest BCUT2D eigenvalue weighted by molar-refractivity contribution is -0.129. The standard InChI is InChI=1S/C35H38N4O3/c40-33(39-19-22-41-23-20-39)10-5-17-36-18-21-42-31-14-11-28(12-15-31)35(29-13-16-32-30(24-29)25-37-38-32)34(27-8-4-9-27)26-6-2-1-3-7-26/h1-3,5-7,10-16,24-25,27,36H,4,8-9,17-23H2,(H,37,38)/b10-5+,35-34-. The third-order valence-corrected chi connectivity index (χ3v) is 8.13. The molecule has 1 saturated heterocycles. The number of allylic oxidation sites excluding steroid dienone is 1. The Kier molecular flexibility index (Phi) is 9.08. The molecule has 2 fully saturated rings. The van der Waals surface area contributed by atoms with Crippen LogP contribution in [0.1, 0.15) is 36.0 Å². The number of nitrogens with one attached hydrogen (secondary N) is 2. The average molecular weight is 563 g/mol. The molecule has 1 amide bonds. The largest absolute Gasteiger partial charge is 0.492 e. The monoisotopic (exact) mass is 562 g/mol. The Morgan fingerprint density at radius 3 is 2.55 bits per heavy atom. The van der Waals surface area contributed by atoms with E-state index in [0.717, 1.165) is 16.7 Å². The van der Waals surface area contributed by atoms with E-state index < -0.39 is 0 Å². The second-order valence-corrected chi connectivity index (χ2v) is 10.9. The topological polar surface area (TPSA) is 79.5 Å². The Bertz CT molecular complexity index is 1530. The zero-order valence-electron chi connectivity index (χ0n) is 23.9. The number of ether oxygens (including phenoxy) is 2. The highest BCUT2D eigenvalue weighted by atomic mass is 16.5. The number of benzene rings is 3. The van der Waals surface area contributed by atoms with Crippen molar-refractivity contribution in [1.82, 2.24) is 20.4 Å². The number of fused-ring (bicyclic) bond motifs is 1. The molecule has 1 aliphatic heterocycles. The summed E-state index contributed by atoms with van der Waals surface area (Å²) in [5.74, 6) is 1.43. The van der Waals surface area contributed by atoms with Gasteiger partial charge in [0.2, 0.25) is 5.91 Å². The quantitative estimate of drug-likeness (QED) is 0.139. The zero-order chi connectivity index (χ0) is 28.6. The molecule has 2 N–H and O–H groups in total. The SMILES string of the molecule is O=C(/C=C/CNCCOc1ccc(/C(=C(\c2ccccc2)C2CCC2)c2ccc3[nH]ncc3c2)cc1)N1CCOCC1. The molecule has 42 heavy (non-hydrogen) atoms. The van der Waals surface area contributed by atoms with Crippen molar-refractivity contribution in [3.8, 4) is 5.75 Å². The molecule has 2 heterocycles. The predicted octanol–water partition coefficient (Wildman–Crippen LogP) is 5.71. The van der Waals surface area contributed by atoms with Crippen molar-refractivity contribution in [3.05, 3.63) is 108 Å². The highest BCUT2D eigenvalue weighted by Crippen LogP contribution is 2.45. The van der Waals surface area contributed by atoms with Crippen molar-refractivity contribution in [2.75, 3.05) is 46.0 Å². The van der Waals surface area contributed by atoms with Crippen LogP contribution in [0.25, 0.3) is 22.0 Å². The first-order valence-corrected chi connectivity index (χ1v) is 15.0. The van der Waals surface area contributed by atoms with Crippen LogP contribution in [0.3, 0.4) is 0 Å². The lowest BCUT2D eigenvalue weighted by Gasteiger charge is -2.31. The Morgan fingerprint density at radius 2 is 1.79 bits per heavy atom. The summed E-state index contributed by atoms with van der Waals surface area (Å²) in [7, 11) is 0. The maximum atomic E-state index is 12.2. The van der Waals surface area contributed by atoms with Gasteiger partial charge in [0.15, 0.2) is 0 Å². The number of hydrogen-bond acceptors (Lipinski definition) is 5. The molecular weight excluding hydrogens is 524 g/mol. The number of carbonyl (C=O) groups is 1. The van der Waals surface area contributed by atoms with Crippen molar-refractivity contribution >= 4 is 28.0 Å². The number of carbonyl (C=O) groups excluding carboxylic acids is 1. The minimum Gasteiger partial charge on any atom is -0.492 e. The van der Waals surface area contributed by atoms with Crippen molar-refractivity contribution < 1.29 is 14.3 Å². The van der Waals surface area contributed by atoms with Gasteiger partial charge in [-0.05, 0) is 70.9 Å². The number of nitrogens with zero attached hydrogens (tertiary/aromatic N) is 2. The first kappa shape index (κ1) is 27.9. The van der Waals surface area contributed by atoms with Crippen LogP contribution in [0.2, 0.25) is 0 Å². The van der Waals surface area contributed by atoms with Gasteiger partial charge in [-0.2, -0.15) is 5.10 Å². The molecule has 7 nitrogen and oxygen atoms in total. The van der Waals surface area contributed by atoms with Crippen LogP contribution < -0.4 is 10.1 Å². The smallest absolute Gasteiger partial charge is 0.246 e. The van der Waals surface area contributed by atoms with E-state index in [1.54, 1.807) is 6.08 Å². The summed E-state index contributed by atoms with van der Waals surface area (Å²) in [5.41, 5.74) is 7.41. The van der Waals surface area contributed by atoms with Crippen molar-refractivity contribution in [2.45, 2.75) is 19.3 Å². The molecule has 6 rings (SSSR count). The lowest BCUT2D eigenvalue weighted by atomic mass is 9.73. The third-order valence-electron chi connectivity index (χ3n) is 8.13. The van der Waals surface area contributed by atoms with Gasteiger partial charge >= 0.3 is 0 Å². The predicted molar refractivity (Wildman–Crippen MR) is 167 cm³/mol. The van der Waals surface area contributed by atoms with E-state index in [9.17, 15) is 4.79 Å². The Balaban J connectivity index is 1.14. The van der Waals surface area contributed by atoms with Gasteiger partial charge < -0.3 is 19.7 Å². The van der Waals surface area contributed by atoms with Crippen LogP contribution >= 0.6 is 0 Å². The summed E-state index contributed by atoms with van der Waals surface area (Å²) in [4.78, 5) is 14.0. The van der Waals surface area contributed by atoms with Crippen LogP contribution in [0, 0.1) is 5.92 Å². The first-order valence-electron chi connectivity index (χ1n) is 15.0. The van der Waals surface area contributed by atoms with Gasteiger partial charge in [-0.25, -0.2) is 0 Å². The summed E-state index contributed by atoms with van der Waals surface area (Å²) < 4.78 is 11.3. The highest BCUT2D eigenvalue weighted by molar-refractivity contribution is 6.01. The summed E-state index contributed by atoms with van der Waals surface area (Å²) in [5, 5.41) is 11.7. The van der Waals surface area contributed by atoms with Crippen molar-refractivity contribution in [2.24, 2.45) is 5.92 Å². The van der Waals surface area contributed by atoms with Crippen LogP contribution in [-0.2, 0) is 9.53 Å². The van der Waals surface area contributed by atoms with Crippen LogP contribution in [0.4, 0.5) is 0 Å². The highest BCUT2D eigenvalue weighted by Gasteiger charge is 2.27. The number of amides is 1. The van der Waals surface area contributed by atoms with E-state index in [1.165, 1.54) is 47.1 Å². The molecule has 0 radical (unpaired) electrons. The molecule has 0 unspecified atom stereocenters. The Labute approximate surface area is 247 Å². The maximum absolute atomic E-state index is 12.2. The Morgan fingerprint density at radius 1 is 1.00 bits per heavy atom. The van der Waals surface area contributed by atoms with Crippen molar-refractivity contribution in [1.29, 1.82) is 0 Å². The molecule has 1 aliphatic carbocycles. The van der Waals surface area contributed by atoms with Crippen LogP contribution in [0.15, 0.2) is 91.1 Å². The lowest BCUT2D eigenvalue weighted by Crippen LogP contribution is -2.39. The molecule has 216 valence electrons. The van der Waals surface area contributed by atoms with E-state index in [2.05, 4.69) is 88.3 Å². The van der Waals surface area contributed by atoms with Gasteiger partial charge in [-0.15, -0.1) is 0 Å². The second-order valence-electron chi connectivity index (χ2n) is 10.9. The number of rotatable bonds is 11. The molecule has 2 aliphatic rings. The van der Waals surface area contributed by atoms with Crippen LogP contribution in [0.5, 0.6) is 5.75 Å². The molecule has 3 aromatic carbocycles. The van der Waals surface area contributed by atoms with E-state index in [1.807, 2.05) is 17.2 Å². The molecule has 0 atom stereocenters. The average Bonchev–Trinajstić information content (AvgIpc) is 3.49. The zero-order valence-corrected chi connectivity index (χ0v) is 23.9. The maximum Gasteiger partial charge on any atom is 0.246 e. The molecule has 4 aromatic rings. The van der Waals surface area contributed by atoms with E-state index in [4.69, 9.17) is 9.47 Å². The second kappa shape index (κ2) is 13.6. The van der Waals surface area contributed by atoms with Gasteiger partial charge in [0, 0.05) is 37.6 Å². The summed E-state index contributed by atoms with van der Waals surface area (Å²) in [6.07, 6.45) is 9.11. The van der Waals surface area contributed by atoms with Crippen LogP contribution in [-0.4, -0.2) is 67.0 Å². The number of hydrogen-bond donors (Lipinski definition) is 2. The minimum atomic E-state index is 0.0438. The Hall–Kier alpha value is -4.20. The molecule has 1 saturated carbocycles. The van der Waals surface area contributed by atoms with Gasteiger partial charge in [-0.3, -0.25) is 9.89 Å². The number of aromatic amines is 1. The van der Waals surface area contributed by atoms with E-state index in [-0.39, 0.29) is 5.91 Å². The van der Waals surface area contributed by atoms with Gasteiger partial charge in [-0.1, -0.05) is 61.0 Å². The molecule has 0 spiro atoms. The van der Waals surface area contributed by atoms with Gasteiger partial charge in [0.05, 0.1) is 24.9 Å². The summed E-state index contributed by atoms with van der Waals surface area (Å²) in [6, 6.07) is 25.9. The number of H-pyrrole nitrogens is 1. The summed E-state index contributed by atoms with van der Waals surface area (Å²) in [6.45, 7) is 4.40. The van der Waals surface area contributed by atoms with E-state index in [0.29, 0.717) is 51.9 Å². The molecule has 0 bridgehead atoms. The van der Waals surface area contributed by atoms with Crippen molar-refractivity contribution in [3.63, 3.8) is 0 Å². The number of morpholine rings is 1. The normalized spacial score (nSPS) is 16.4. The molecular formula is C35H38N4O3. The molecule has 7 heteroatoms. The third kappa shape index (κ3) is 6.64.